The molecule has 0 aromatic carbocycles. The van der Waals surface area contributed by atoms with Crippen molar-refractivity contribution >= 4 is 15.9 Å². The van der Waals surface area contributed by atoms with Crippen LogP contribution in [-0.2, 0) is 14.8 Å². The molecule has 0 aromatic rings. The maximum atomic E-state index is 11.6. The second-order valence-electron chi connectivity index (χ2n) is 5.48. The Balaban J connectivity index is 4.37. The summed E-state index contributed by atoms with van der Waals surface area (Å²) in [5.74, 6) is 0.530. The van der Waals surface area contributed by atoms with Crippen LogP contribution in [0, 0.1) is 11.8 Å². The topological polar surface area (TPSA) is 66.5 Å². The molecule has 0 spiro atoms. The largest absolute Gasteiger partial charge is 0.355 e. The fourth-order valence-corrected chi connectivity index (χ4v) is 2.09. The Hall–Kier alpha value is -0.620. The predicted molar refractivity (Wildman–Crippen MR) is 73.7 cm³/mol. The summed E-state index contributed by atoms with van der Waals surface area (Å²) in [6.45, 7) is 8.92. The van der Waals surface area contributed by atoms with E-state index in [0.717, 1.165) is 12.7 Å². The van der Waals surface area contributed by atoms with Gasteiger partial charge in [-0.3, -0.25) is 4.79 Å². The molecular formula is C12H26N2O3S. The lowest BCUT2D eigenvalue weighted by molar-refractivity contribution is -0.121. The van der Waals surface area contributed by atoms with Gasteiger partial charge in [-0.15, -0.1) is 0 Å². The number of nitrogens with zero attached hydrogens (tertiary/aromatic N) is 1. The molecule has 1 amide bonds. The van der Waals surface area contributed by atoms with E-state index >= 15 is 0 Å². The predicted octanol–water partition coefficient (Wildman–Crippen LogP) is 1.07. The Morgan fingerprint density at radius 2 is 1.72 bits per heavy atom. The standard InChI is InChI=1S/C12H26N2O3S/c1-10(2)6-7-14(18(5,16)17)9-12(15)13-8-11(3)4/h10-11H,6-9H2,1-5H3,(H,13,15). The summed E-state index contributed by atoms with van der Waals surface area (Å²) in [4.78, 5) is 11.6. The number of carbonyl (C=O) groups is 1. The zero-order valence-corrected chi connectivity index (χ0v) is 12.9. The van der Waals surface area contributed by atoms with E-state index in [-0.39, 0.29) is 12.5 Å². The molecule has 0 bridgehead atoms. The number of sulfonamides is 1. The van der Waals surface area contributed by atoms with Crippen molar-refractivity contribution in [2.75, 3.05) is 25.9 Å². The second-order valence-corrected chi connectivity index (χ2v) is 7.46. The molecule has 108 valence electrons. The minimum absolute atomic E-state index is 0.0850. The highest BCUT2D eigenvalue weighted by Gasteiger charge is 2.20. The van der Waals surface area contributed by atoms with Crippen LogP contribution in [0.25, 0.3) is 0 Å². The highest BCUT2D eigenvalue weighted by Crippen LogP contribution is 2.05. The summed E-state index contributed by atoms with van der Waals surface area (Å²) in [5, 5.41) is 2.73. The van der Waals surface area contributed by atoms with Gasteiger partial charge >= 0.3 is 0 Å². The molecule has 6 heteroatoms. The molecule has 0 unspecified atom stereocenters. The molecule has 0 fully saturated rings. The van der Waals surface area contributed by atoms with Gasteiger partial charge in [-0.25, -0.2) is 8.42 Å². The van der Waals surface area contributed by atoms with E-state index in [1.54, 1.807) is 0 Å². The number of rotatable bonds is 8. The van der Waals surface area contributed by atoms with E-state index in [0.29, 0.717) is 24.9 Å². The second kappa shape index (κ2) is 7.74. The highest BCUT2D eigenvalue weighted by molar-refractivity contribution is 7.88. The van der Waals surface area contributed by atoms with Crippen LogP contribution in [0.1, 0.15) is 34.1 Å². The van der Waals surface area contributed by atoms with Gasteiger partial charge in [-0.2, -0.15) is 4.31 Å². The molecule has 0 rings (SSSR count). The van der Waals surface area contributed by atoms with Gasteiger partial charge in [-0.05, 0) is 18.3 Å². The summed E-state index contributed by atoms with van der Waals surface area (Å²) in [6.07, 6.45) is 1.90. The summed E-state index contributed by atoms with van der Waals surface area (Å²) in [5.41, 5.74) is 0. The fraction of sp³-hybridized carbons (Fsp3) is 0.917. The maximum absolute atomic E-state index is 11.6. The van der Waals surface area contributed by atoms with E-state index in [9.17, 15) is 13.2 Å². The minimum atomic E-state index is -3.32. The van der Waals surface area contributed by atoms with Crippen LogP contribution in [0.4, 0.5) is 0 Å². The van der Waals surface area contributed by atoms with Gasteiger partial charge in [0.2, 0.25) is 15.9 Å². The first-order chi connectivity index (χ1) is 8.12. The molecule has 0 heterocycles. The lowest BCUT2D eigenvalue weighted by Crippen LogP contribution is -2.41. The molecule has 5 nitrogen and oxygen atoms in total. The molecule has 1 N–H and O–H groups in total. The first-order valence-corrected chi connectivity index (χ1v) is 8.19. The van der Waals surface area contributed by atoms with Crippen LogP contribution in [0.3, 0.4) is 0 Å². The molecule has 0 aromatic heterocycles. The zero-order chi connectivity index (χ0) is 14.3. The third kappa shape index (κ3) is 8.47. The molecule has 0 aliphatic heterocycles. The number of amides is 1. The Labute approximate surface area is 111 Å². The number of hydrogen-bond donors (Lipinski definition) is 1. The summed E-state index contributed by atoms with van der Waals surface area (Å²) in [6, 6.07) is 0. The highest BCUT2D eigenvalue weighted by atomic mass is 32.2. The van der Waals surface area contributed by atoms with Gasteiger partial charge in [0, 0.05) is 13.1 Å². The molecule has 18 heavy (non-hydrogen) atoms. The van der Waals surface area contributed by atoms with Gasteiger partial charge in [0.15, 0.2) is 0 Å². The zero-order valence-electron chi connectivity index (χ0n) is 12.1. The van der Waals surface area contributed by atoms with Gasteiger partial charge < -0.3 is 5.32 Å². The molecule has 0 saturated carbocycles. The first kappa shape index (κ1) is 17.4. The normalized spacial score (nSPS) is 12.4. The van der Waals surface area contributed by atoms with Gasteiger partial charge in [0.25, 0.3) is 0 Å². The van der Waals surface area contributed by atoms with Crippen molar-refractivity contribution in [1.29, 1.82) is 0 Å². The van der Waals surface area contributed by atoms with Crippen LogP contribution in [0.15, 0.2) is 0 Å². The van der Waals surface area contributed by atoms with Crippen molar-refractivity contribution < 1.29 is 13.2 Å². The van der Waals surface area contributed by atoms with Crippen molar-refractivity contribution in [2.24, 2.45) is 11.8 Å². The quantitative estimate of drug-likeness (QED) is 0.722. The van der Waals surface area contributed by atoms with Crippen LogP contribution in [0.2, 0.25) is 0 Å². The molecule has 0 atom stereocenters. The summed E-state index contributed by atoms with van der Waals surface area (Å²) in [7, 11) is -3.32. The number of nitrogens with one attached hydrogen (secondary N) is 1. The van der Waals surface area contributed by atoms with E-state index in [1.807, 2.05) is 27.7 Å². The van der Waals surface area contributed by atoms with Crippen LogP contribution >= 0.6 is 0 Å². The smallest absolute Gasteiger partial charge is 0.235 e. The van der Waals surface area contributed by atoms with E-state index in [1.165, 1.54) is 4.31 Å². The van der Waals surface area contributed by atoms with Crippen molar-refractivity contribution in [3.63, 3.8) is 0 Å². The molecule has 0 aliphatic rings. The summed E-state index contributed by atoms with van der Waals surface area (Å²) < 4.78 is 24.4. The van der Waals surface area contributed by atoms with E-state index < -0.39 is 10.0 Å². The van der Waals surface area contributed by atoms with Crippen molar-refractivity contribution in [3.8, 4) is 0 Å². The third-order valence-electron chi connectivity index (χ3n) is 2.45. The monoisotopic (exact) mass is 278 g/mol. The lowest BCUT2D eigenvalue weighted by Gasteiger charge is -2.20. The van der Waals surface area contributed by atoms with Crippen LogP contribution in [-0.4, -0.2) is 44.5 Å². The van der Waals surface area contributed by atoms with Gasteiger partial charge in [-0.1, -0.05) is 27.7 Å². The minimum Gasteiger partial charge on any atom is -0.355 e. The Morgan fingerprint density at radius 3 is 2.11 bits per heavy atom. The third-order valence-corrected chi connectivity index (χ3v) is 3.70. The van der Waals surface area contributed by atoms with Crippen molar-refractivity contribution in [2.45, 2.75) is 34.1 Å². The molecule has 0 saturated heterocycles. The van der Waals surface area contributed by atoms with Crippen LogP contribution in [0.5, 0.6) is 0 Å². The maximum Gasteiger partial charge on any atom is 0.235 e. The van der Waals surface area contributed by atoms with Gasteiger partial charge in [0.05, 0.1) is 12.8 Å². The average Bonchev–Trinajstić information content (AvgIpc) is 2.19. The number of hydrogen-bond acceptors (Lipinski definition) is 3. The lowest BCUT2D eigenvalue weighted by atomic mass is 10.1. The molecule has 0 radical (unpaired) electrons. The van der Waals surface area contributed by atoms with Crippen molar-refractivity contribution in [1.82, 2.24) is 9.62 Å². The van der Waals surface area contributed by atoms with Crippen LogP contribution < -0.4 is 5.32 Å². The average molecular weight is 278 g/mol. The van der Waals surface area contributed by atoms with Gasteiger partial charge in [0.1, 0.15) is 0 Å². The number of carbonyl (C=O) groups excluding carboxylic acids is 1. The summed E-state index contributed by atoms with van der Waals surface area (Å²) >= 11 is 0. The Kier molecular flexibility index (Phi) is 7.47. The molecular weight excluding hydrogens is 252 g/mol. The SMILES string of the molecule is CC(C)CCN(CC(=O)NCC(C)C)S(C)(=O)=O. The van der Waals surface area contributed by atoms with E-state index in [4.69, 9.17) is 0 Å². The Bertz CT molecular complexity index is 350. The Morgan fingerprint density at radius 1 is 1.17 bits per heavy atom. The fourth-order valence-electron chi connectivity index (χ4n) is 1.30. The van der Waals surface area contributed by atoms with E-state index in [2.05, 4.69) is 5.32 Å². The first-order valence-electron chi connectivity index (χ1n) is 6.34. The molecule has 0 aliphatic carbocycles. The van der Waals surface area contributed by atoms with Crippen molar-refractivity contribution in [3.05, 3.63) is 0 Å².